The fourth-order valence-corrected chi connectivity index (χ4v) is 1.61. The first kappa shape index (κ1) is 12.0. The molecule has 1 N–H and O–H groups in total. The number of hydrogen-bond donors (Lipinski definition) is 1. The van der Waals surface area contributed by atoms with Crippen molar-refractivity contribution < 1.29 is 9.90 Å². The second-order valence-electron chi connectivity index (χ2n) is 3.69. The van der Waals surface area contributed by atoms with E-state index in [4.69, 9.17) is 5.11 Å². The summed E-state index contributed by atoms with van der Waals surface area (Å²) in [5, 5.41) is 8.93. The highest BCUT2D eigenvalue weighted by Gasteiger charge is 2.31. The van der Waals surface area contributed by atoms with Gasteiger partial charge in [-0.25, -0.2) is 4.79 Å². The second-order valence-corrected chi connectivity index (χ2v) is 4.46. The van der Waals surface area contributed by atoms with Crippen LogP contribution in [0.3, 0.4) is 0 Å². The molecule has 0 rings (SSSR count). The van der Waals surface area contributed by atoms with Crippen molar-refractivity contribution >= 4 is 28.7 Å². The van der Waals surface area contributed by atoms with Gasteiger partial charge in [0.25, 0.3) is 0 Å². The lowest BCUT2D eigenvalue weighted by Crippen LogP contribution is -2.51. The third-order valence-electron chi connectivity index (χ3n) is 1.70. The molecule has 0 bridgehead atoms. The standard InChI is InChI=1S/C8H16INO2/c1-6(2)10(7(11)12)8(3,4)5-9/h6H,5H2,1-4H3,(H,11,12). The SMILES string of the molecule is CC(C)N(C(=O)O)C(C)(C)CI. The van der Waals surface area contributed by atoms with Crippen molar-refractivity contribution in [3.8, 4) is 0 Å². The zero-order chi connectivity index (χ0) is 9.94. The molecule has 0 heterocycles. The minimum Gasteiger partial charge on any atom is -0.465 e. The highest BCUT2D eigenvalue weighted by atomic mass is 127. The quantitative estimate of drug-likeness (QED) is 0.639. The lowest BCUT2D eigenvalue weighted by molar-refractivity contribution is 0.0840. The Bertz CT molecular complexity index is 168. The molecule has 0 fully saturated rings. The third kappa shape index (κ3) is 2.80. The minimum atomic E-state index is -0.841. The molecule has 0 aromatic carbocycles. The van der Waals surface area contributed by atoms with Crippen LogP contribution in [0.4, 0.5) is 4.79 Å². The number of rotatable bonds is 3. The smallest absolute Gasteiger partial charge is 0.407 e. The molecule has 0 aliphatic rings. The van der Waals surface area contributed by atoms with E-state index in [2.05, 4.69) is 22.6 Å². The average molecular weight is 285 g/mol. The molecule has 72 valence electrons. The van der Waals surface area contributed by atoms with Crippen LogP contribution in [-0.2, 0) is 0 Å². The van der Waals surface area contributed by atoms with Crippen molar-refractivity contribution in [2.45, 2.75) is 39.3 Å². The van der Waals surface area contributed by atoms with E-state index < -0.39 is 6.09 Å². The lowest BCUT2D eigenvalue weighted by Gasteiger charge is -2.38. The number of hydrogen-bond acceptors (Lipinski definition) is 1. The van der Waals surface area contributed by atoms with Crippen LogP contribution in [0, 0.1) is 0 Å². The zero-order valence-electron chi connectivity index (χ0n) is 7.97. The average Bonchev–Trinajstić information content (AvgIpc) is 1.84. The summed E-state index contributed by atoms with van der Waals surface area (Å²) in [6.45, 7) is 7.66. The van der Waals surface area contributed by atoms with Crippen molar-refractivity contribution in [1.82, 2.24) is 4.90 Å². The van der Waals surface area contributed by atoms with Gasteiger partial charge in [-0.3, -0.25) is 0 Å². The summed E-state index contributed by atoms with van der Waals surface area (Å²) in [5.74, 6) is 0. The summed E-state index contributed by atoms with van der Waals surface area (Å²) < 4.78 is 0.801. The molecule has 0 radical (unpaired) electrons. The van der Waals surface area contributed by atoms with Crippen LogP contribution in [0.2, 0.25) is 0 Å². The Kier molecular flexibility index (Phi) is 4.30. The third-order valence-corrected chi connectivity index (χ3v) is 3.57. The maximum Gasteiger partial charge on any atom is 0.407 e. The van der Waals surface area contributed by atoms with Gasteiger partial charge < -0.3 is 10.0 Å². The van der Waals surface area contributed by atoms with Gasteiger partial charge >= 0.3 is 6.09 Å². The minimum absolute atomic E-state index is 0.0345. The summed E-state index contributed by atoms with van der Waals surface area (Å²) in [5.41, 5.74) is -0.277. The summed E-state index contributed by atoms with van der Waals surface area (Å²) in [4.78, 5) is 12.4. The van der Waals surface area contributed by atoms with E-state index in [0.29, 0.717) is 0 Å². The van der Waals surface area contributed by atoms with Crippen molar-refractivity contribution in [1.29, 1.82) is 0 Å². The van der Waals surface area contributed by atoms with Gasteiger partial charge in [0.05, 0.1) is 0 Å². The predicted molar refractivity (Wildman–Crippen MR) is 58.0 cm³/mol. The van der Waals surface area contributed by atoms with Crippen LogP contribution in [0.1, 0.15) is 27.7 Å². The topological polar surface area (TPSA) is 40.5 Å². The predicted octanol–water partition coefficient (Wildman–Crippen LogP) is 2.59. The van der Waals surface area contributed by atoms with Crippen molar-refractivity contribution in [3.05, 3.63) is 0 Å². The molecule has 0 unspecified atom stereocenters. The Morgan fingerprint density at radius 3 is 2.08 bits per heavy atom. The van der Waals surface area contributed by atoms with E-state index in [1.54, 1.807) is 0 Å². The Labute approximate surface area is 87.3 Å². The molecule has 0 saturated carbocycles. The molecular formula is C8H16INO2. The molecule has 3 nitrogen and oxygen atoms in total. The van der Waals surface area contributed by atoms with Gasteiger partial charge in [0.2, 0.25) is 0 Å². The Morgan fingerprint density at radius 2 is 2.00 bits per heavy atom. The molecule has 0 saturated heterocycles. The van der Waals surface area contributed by atoms with Crippen LogP contribution in [0.5, 0.6) is 0 Å². The molecule has 4 heteroatoms. The van der Waals surface area contributed by atoms with Gasteiger partial charge in [0, 0.05) is 16.0 Å². The van der Waals surface area contributed by atoms with Gasteiger partial charge in [-0.05, 0) is 27.7 Å². The van der Waals surface area contributed by atoms with E-state index in [9.17, 15) is 4.79 Å². The monoisotopic (exact) mass is 285 g/mol. The molecule has 1 amide bonds. The van der Waals surface area contributed by atoms with Gasteiger partial charge in [-0.2, -0.15) is 0 Å². The summed E-state index contributed by atoms with van der Waals surface area (Å²) in [6, 6.07) is 0.0345. The number of amides is 1. The Hall–Kier alpha value is 0. The summed E-state index contributed by atoms with van der Waals surface area (Å²) in [7, 11) is 0. The largest absolute Gasteiger partial charge is 0.465 e. The molecular weight excluding hydrogens is 269 g/mol. The lowest BCUT2D eigenvalue weighted by atomic mass is 10.0. The van der Waals surface area contributed by atoms with E-state index in [1.165, 1.54) is 4.90 Å². The van der Waals surface area contributed by atoms with Crippen molar-refractivity contribution in [3.63, 3.8) is 0 Å². The Balaban J connectivity index is 4.62. The number of alkyl halides is 1. The molecule has 0 aliphatic heterocycles. The second kappa shape index (κ2) is 4.30. The first-order valence-corrected chi connectivity index (χ1v) is 5.43. The van der Waals surface area contributed by atoms with Crippen LogP contribution >= 0.6 is 22.6 Å². The molecule has 12 heavy (non-hydrogen) atoms. The van der Waals surface area contributed by atoms with Crippen molar-refractivity contribution in [2.24, 2.45) is 0 Å². The molecule has 0 atom stereocenters. The summed E-state index contributed by atoms with van der Waals surface area (Å²) in [6.07, 6.45) is -0.841. The van der Waals surface area contributed by atoms with E-state index in [1.807, 2.05) is 27.7 Å². The van der Waals surface area contributed by atoms with Crippen LogP contribution < -0.4 is 0 Å². The normalized spacial score (nSPS) is 11.8. The van der Waals surface area contributed by atoms with Gasteiger partial charge in [-0.15, -0.1) is 0 Å². The van der Waals surface area contributed by atoms with Gasteiger partial charge in [0.1, 0.15) is 0 Å². The number of carbonyl (C=O) groups is 1. The molecule has 0 spiro atoms. The first-order valence-electron chi connectivity index (χ1n) is 3.91. The summed E-state index contributed by atoms with van der Waals surface area (Å²) >= 11 is 2.21. The van der Waals surface area contributed by atoms with Crippen LogP contribution in [-0.4, -0.2) is 32.1 Å². The fourth-order valence-electron chi connectivity index (χ4n) is 1.24. The number of nitrogens with zero attached hydrogens (tertiary/aromatic N) is 1. The van der Waals surface area contributed by atoms with E-state index in [0.717, 1.165) is 4.43 Å². The zero-order valence-corrected chi connectivity index (χ0v) is 10.1. The molecule has 0 aliphatic carbocycles. The van der Waals surface area contributed by atoms with E-state index in [-0.39, 0.29) is 11.6 Å². The highest BCUT2D eigenvalue weighted by Crippen LogP contribution is 2.20. The first-order chi connectivity index (χ1) is 5.33. The van der Waals surface area contributed by atoms with E-state index >= 15 is 0 Å². The molecule has 0 aromatic heterocycles. The van der Waals surface area contributed by atoms with Gasteiger partial charge in [-0.1, -0.05) is 22.6 Å². The highest BCUT2D eigenvalue weighted by molar-refractivity contribution is 14.1. The Morgan fingerprint density at radius 1 is 1.58 bits per heavy atom. The number of halogens is 1. The maximum absolute atomic E-state index is 10.9. The molecule has 0 aromatic rings. The van der Waals surface area contributed by atoms with Gasteiger partial charge in [0.15, 0.2) is 0 Å². The fraction of sp³-hybridized carbons (Fsp3) is 0.875. The van der Waals surface area contributed by atoms with Crippen molar-refractivity contribution in [2.75, 3.05) is 4.43 Å². The number of carboxylic acid groups (broad SMARTS) is 1. The maximum atomic E-state index is 10.9. The van der Waals surface area contributed by atoms with Crippen LogP contribution in [0.15, 0.2) is 0 Å². The van der Waals surface area contributed by atoms with Crippen LogP contribution in [0.25, 0.3) is 0 Å².